The number of nitrogens with two attached hydrogens (primary N) is 1. The van der Waals surface area contributed by atoms with Gasteiger partial charge in [-0.15, -0.1) is 0 Å². The van der Waals surface area contributed by atoms with Crippen molar-refractivity contribution < 1.29 is 4.79 Å². The number of imidazole rings is 1. The predicted molar refractivity (Wildman–Crippen MR) is 92.4 cm³/mol. The molecule has 4 rings (SSSR count). The lowest BCUT2D eigenvalue weighted by Gasteiger charge is -2.10. The molecule has 0 aliphatic rings. The van der Waals surface area contributed by atoms with Gasteiger partial charge in [0.2, 0.25) is 5.91 Å². The highest BCUT2D eigenvalue weighted by Gasteiger charge is 2.10. The molecule has 0 unspecified atom stereocenters. The van der Waals surface area contributed by atoms with Crippen LogP contribution in [0.1, 0.15) is 10.4 Å². The molecule has 2 N–H and O–H groups in total. The number of hydrogen-bond donors (Lipinski definition) is 1. The zero-order chi connectivity index (χ0) is 16.5. The topological polar surface area (TPSA) is 73.3 Å². The number of carbonyl (C=O) groups is 1. The maximum Gasteiger partial charge on any atom is 0.248 e. The van der Waals surface area contributed by atoms with E-state index in [-0.39, 0.29) is 0 Å². The Kier molecular flexibility index (Phi) is 3.31. The second-order valence-electron chi connectivity index (χ2n) is 5.51. The lowest BCUT2D eigenvalue weighted by Crippen LogP contribution is -2.10. The van der Waals surface area contributed by atoms with E-state index in [2.05, 4.69) is 16.0 Å². The van der Waals surface area contributed by atoms with Gasteiger partial charge < -0.3 is 10.1 Å². The number of carbonyl (C=O) groups excluding carboxylic acids is 1. The van der Waals surface area contributed by atoms with Crippen LogP contribution >= 0.6 is 0 Å². The Balaban J connectivity index is 1.94. The van der Waals surface area contributed by atoms with Crippen molar-refractivity contribution in [2.45, 2.75) is 0 Å². The molecular formula is C19H14N4O. The number of hydrogen-bond acceptors (Lipinski definition) is 3. The predicted octanol–water partition coefficient (Wildman–Crippen LogP) is 3.16. The molecule has 0 aliphatic heterocycles. The summed E-state index contributed by atoms with van der Waals surface area (Å²) in [4.78, 5) is 19.8. The van der Waals surface area contributed by atoms with E-state index >= 15 is 0 Å². The van der Waals surface area contributed by atoms with Crippen LogP contribution < -0.4 is 5.73 Å². The van der Waals surface area contributed by atoms with Gasteiger partial charge in [0, 0.05) is 29.7 Å². The second kappa shape index (κ2) is 5.62. The van der Waals surface area contributed by atoms with E-state index < -0.39 is 5.91 Å². The molecule has 3 heterocycles. The molecule has 3 aromatic heterocycles. The molecule has 0 spiro atoms. The van der Waals surface area contributed by atoms with Crippen molar-refractivity contribution in [3.8, 4) is 22.3 Å². The van der Waals surface area contributed by atoms with Crippen LogP contribution in [0.25, 0.3) is 27.8 Å². The largest absolute Gasteiger partial charge is 0.366 e. The summed E-state index contributed by atoms with van der Waals surface area (Å²) in [6.07, 6.45) is 9.12. The van der Waals surface area contributed by atoms with Gasteiger partial charge in [-0.3, -0.25) is 9.78 Å². The number of nitrogens with zero attached hydrogens (tertiary/aromatic N) is 3. The van der Waals surface area contributed by atoms with E-state index in [1.54, 1.807) is 30.9 Å². The van der Waals surface area contributed by atoms with Crippen LogP contribution in [0.5, 0.6) is 0 Å². The van der Waals surface area contributed by atoms with Crippen molar-refractivity contribution in [2.75, 3.05) is 0 Å². The fourth-order valence-electron chi connectivity index (χ4n) is 2.81. The standard InChI is InChI=1S/C19H14N4O/c20-19(24)15-3-1-2-14(8-15)16-9-17(13-4-6-21-7-5-13)18-10-22-12-23(18)11-16/h1-12H,(H2,20,24). The van der Waals surface area contributed by atoms with E-state index in [4.69, 9.17) is 5.73 Å². The van der Waals surface area contributed by atoms with Crippen LogP contribution in [0.3, 0.4) is 0 Å². The number of pyridine rings is 2. The quantitative estimate of drug-likeness (QED) is 0.631. The Morgan fingerprint density at radius 2 is 1.79 bits per heavy atom. The van der Waals surface area contributed by atoms with Crippen molar-refractivity contribution >= 4 is 11.4 Å². The molecule has 116 valence electrons. The summed E-state index contributed by atoms with van der Waals surface area (Å²) in [5.74, 6) is -0.435. The lowest BCUT2D eigenvalue weighted by molar-refractivity contribution is 0.100. The third-order valence-electron chi connectivity index (χ3n) is 3.99. The minimum absolute atomic E-state index is 0.435. The van der Waals surface area contributed by atoms with E-state index in [0.717, 1.165) is 27.8 Å². The zero-order valence-electron chi connectivity index (χ0n) is 12.8. The maximum absolute atomic E-state index is 11.4. The van der Waals surface area contributed by atoms with Gasteiger partial charge in [-0.05, 0) is 47.0 Å². The van der Waals surface area contributed by atoms with Gasteiger partial charge in [-0.2, -0.15) is 0 Å². The molecule has 0 saturated carbocycles. The summed E-state index contributed by atoms with van der Waals surface area (Å²) in [5, 5.41) is 0. The summed E-state index contributed by atoms with van der Waals surface area (Å²) in [7, 11) is 0. The van der Waals surface area contributed by atoms with E-state index in [1.807, 2.05) is 41.1 Å². The van der Waals surface area contributed by atoms with Gasteiger partial charge in [-0.1, -0.05) is 12.1 Å². The normalized spacial score (nSPS) is 10.8. The summed E-state index contributed by atoms with van der Waals surface area (Å²) in [5.41, 5.74) is 10.9. The third-order valence-corrected chi connectivity index (χ3v) is 3.99. The highest BCUT2D eigenvalue weighted by atomic mass is 16.1. The highest BCUT2D eigenvalue weighted by molar-refractivity contribution is 5.94. The fourth-order valence-corrected chi connectivity index (χ4v) is 2.81. The number of rotatable bonds is 3. The molecule has 1 aromatic carbocycles. The van der Waals surface area contributed by atoms with Crippen LogP contribution in [0.2, 0.25) is 0 Å². The first-order valence-electron chi connectivity index (χ1n) is 7.49. The van der Waals surface area contributed by atoms with Crippen LogP contribution in [0, 0.1) is 0 Å². The minimum atomic E-state index is -0.435. The molecule has 1 amide bonds. The number of benzene rings is 1. The molecule has 5 nitrogen and oxygen atoms in total. The van der Waals surface area contributed by atoms with Crippen molar-refractivity contribution in [1.82, 2.24) is 14.4 Å². The first-order chi connectivity index (χ1) is 11.7. The summed E-state index contributed by atoms with van der Waals surface area (Å²) in [6, 6.07) is 13.3. The fraction of sp³-hybridized carbons (Fsp3) is 0. The Morgan fingerprint density at radius 1 is 0.958 bits per heavy atom. The summed E-state index contributed by atoms with van der Waals surface area (Å²) in [6.45, 7) is 0. The molecule has 0 atom stereocenters. The van der Waals surface area contributed by atoms with E-state index in [1.165, 1.54) is 0 Å². The van der Waals surface area contributed by atoms with Gasteiger partial charge in [0.1, 0.15) is 0 Å². The first kappa shape index (κ1) is 14.1. The van der Waals surface area contributed by atoms with E-state index in [0.29, 0.717) is 5.56 Å². The van der Waals surface area contributed by atoms with Crippen LogP contribution in [0.15, 0.2) is 73.6 Å². The monoisotopic (exact) mass is 314 g/mol. The Bertz CT molecular complexity index is 1040. The van der Waals surface area contributed by atoms with E-state index in [9.17, 15) is 4.79 Å². The molecule has 0 bridgehead atoms. The van der Waals surface area contributed by atoms with Gasteiger partial charge >= 0.3 is 0 Å². The average molecular weight is 314 g/mol. The maximum atomic E-state index is 11.4. The van der Waals surface area contributed by atoms with Crippen LogP contribution in [-0.2, 0) is 0 Å². The molecule has 0 fully saturated rings. The first-order valence-corrected chi connectivity index (χ1v) is 7.49. The molecule has 0 saturated heterocycles. The summed E-state index contributed by atoms with van der Waals surface area (Å²) < 4.78 is 1.97. The van der Waals surface area contributed by atoms with Crippen molar-refractivity contribution in [3.05, 3.63) is 79.1 Å². The lowest BCUT2D eigenvalue weighted by atomic mass is 9.99. The van der Waals surface area contributed by atoms with Gasteiger partial charge in [0.25, 0.3) is 0 Å². The van der Waals surface area contributed by atoms with Crippen molar-refractivity contribution in [2.24, 2.45) is 5.73 Å². The molecule has 5 heteroatoms. The SMILES string of the molecule is NC(=O)c1cccc(-c2cc(-c3ccncc3)c3cncn3c2)c1. The number of fused-ring (bicyclic) bond motifs is 1. The van der Waals surface area contributed by atoms with Crippen LogP contribution in [0.4, 0.5) is 0 Å². The Hall–Kier alpha value is -3.47. The van der Waals surface area contributed by atoms with Gasteiger partial charge in [0.15, 0.2) is 0 Å². The Morgan fingerprint density at radius 3 is 2.58 bits per heavy atom. The van der Waals surface area contributed by atoms with Crippen LogP contribution in [-0.4, -0.2) is 20.3 Å². The third kappa shape index (κ3) is 2.42. The zero-order valence-corrected chi connectivity index (χ0v) is 12.8. The minimum Gasteiger partial charge on any atom is -0.366 e. The second-order valence-corrected chi connectivity index (χ2v) is 5.51. The molecule has 24 heavy (non-hydrogen) atoms. The summed E-state index contributed by atoms with van der Waals surface area (Å²) >= 11 is 0. The van der Waals surface area contributed by atoms with Crippen molar-refractivity contribution in [3.63, 3.8) is 0 Å². The number of amides is 1. The molecular weight excluding hydrogens is 300 g/mol. The number of primary amides is 1. The van der Waals surface area contributed by atoms with Crippen molar-refractivity contribution in [1.29, 1.82) is 0 Å². The van der Waals surface area contributed by atoms with Gasteiger partial charge in [0.05, 0.1) is 18.0 Å². The Labute approximate surface area is 138 Å². The molecule has 0 radical (unpaired) electrons. The average Bonchev–Trinajstić information content (AvgIpc) is 3.10. The smallest absolute Gasteiger partial charge is 0.248 e. The molecule has 0 aliphatic carbocycles. The number of aromatic nitrogens is 3. The molecule has 4 aromatic rings. The van der Waals surface area contributed by atoms with Gasteiger partial charge in [-0.25, -0.2) is 4.98 Å². The highest BCUT2D eigenvalue weighted by Crippen LogP contribution is 2.30.